The molecule has 3 nitrogen and oxygen atoms in total. The van der Waals surface area contributed by atoms with Gasteiger partial charge < -0.3 is 5.11 Å². The van der Waals surface area contributed by atoms with Gasteiger partial charge in [0.25, 0.3) is 5.91 Å². The average molecular weight is 327 g/mol. The molecule has 0 radical (unpaired) electrons. The van der Waals surface area contributed by atoms with Crippen molar-refractivity contribution in [1.29, 1.82) is 0 Å². The van der Waals surface area contributed by atoms with Crippen LogP contribution in [0.2, 0.25) is 0 Å². The van der Waals surface area contributed by atoms with Crippen LogP contribution in [-0.4, -0.2) is 15.3 Å². The Balaban J connectivity index is 1.93. The van der Waals surface area contributed by atoms with Crippen molar-refractivity contribution in [2.24, 2.45) is 0 Å². The van der Waals surface area contributed by atoms with Crippen molar-refractivity contribution in [3.63, 3.8) is 0 Å². The first kappa shape index (κ1) is 14.8. The second-order valence-electron chi connectivity index (χ2n) is 4.95. The maximum Gasteiger partial charge on any atom is 0.270 e. The molecule has 0 unspecified atom stereocenters. The molecule has 3 rings (SSSR count). The number of nitrogens with zero attached hydrogens (tertiary/aromatic N) is 1. The Kier molecular flexibility index (Phi) is 4.00. The van der Waals surface area contributed by atoms with E-state index in [4.69, 9.17) is 12.2 Å². The third-order valence-electron chi connectivity index (χ3n) is 3.26. The highest BCUT2D eigenvalue weighted by Crippen LogP contribution is 2.36. The Morgan fingerprint density at radius 3 is 2.59 bits per heavy atom. The molecule has 0 atom stereocenters. The number of thiocarbonyl (C=S) groups is 1. The van der Waals surface area contributed by atoms with Crippen LogP contribution in [0.15, 0.2) is 53.4 Å². The van der Waals surface area contributed by atoms with E-state index < -0.39 is 0 Å². The minimum Gasteiger partial charge on any atom is -0.508 e. The fourth-order valence-corrected chi connectivity index (χ4v) is 3.44. The Bertz CT molecular complexity index is 782. The molecule has 1 aliphatic heterocycles. The van der Waals surface area contributed by atoms with Crippen molar-refractivity contribution in [3.8, 4) is 5.75 Å². The SMILES string of the molecule is Cc1ccc(/C=C2\SC(=S)N(c3cccc(O)c3)C2=O)cc1. The highest BCUT2D eigenvalue weighted by atomic mass is 32.2. The number of anilines is 1. The van der Waals surface area contributed by atoms with Crippen LogP contribution in [0.5, 0.6) is 5.75 Å². The average Bonchev–Trinajstić information content (AvgIpc) is 2.76. The van der Waals surface area contributed by atoms with E-state index in [1.54, 1.807) is 18.2 Å². The van der Waals surface area contributed by atoms with Crippen LogP contribution in [0.3, 0.4) is 0 Å². The smallest absolute Gasteiger partial charge is 0.270 e. The molecule has 1 N–H and O–H groups in total. The molecule has 0 aliphatic carbocycles. The Morgan fingerprint density at radius 2 is 1.91 bits per heavy atom. The number of phenolic OH excluding ortho intramolecular Hbond substituents is 1. The number of thioether (sulfide) groups is 1. The highest BCUT2D eigenvalue weighted by Gasteiger charge is 2.33. The molecule has 2 aromatic rings. The van der Waals surface area contributed by atoms with Gasteiger partial charge in [-0.3, -0.25) is 9.69 Å². The monoisotopic (exact) mass is 327 g/mol. The van der Waals surface area contributed by atoms with Crippen molar-refractivity contribution in [3.05, 3.63) is 64.6 Å². The number of aromatic hydroxyl groups is 1. The van der Waals surface area contributed by atoms with Crippen molar-refractivity contribution in [1.82, 2.24) is 0 Å². The van der Waals surface area contributed by atoms with Gasteiger partial charge in [-0.1, -0.05) is 59.9 Å². The fraction of sp³-hybridized carbons (Fsp3) is 0.0588. The first-order valence-electron chi connectivity index (χ1n) is 6.68. The summed E-state index contributed by atoms with van der Waals surface area (Å²) in [4.78, 5) is 14.6. The van der Waals surface area contributed by atoms with Gasteiger partial charge in [0.05, 0.1) is 10.6 Å². The highest BCUT2D eigenvalue weighted by molar-refractivity contribution is 8.27. The number of phenols is 1. The lowest BCUT2D eigenvalue weighted by Crippen LogP contribution is -2.27. The van der Waals surface area contributed by atoms with Gasteiger partial charge in [-0.15, -0.1) is 0 Å². The van der Waals surface area contributed by atoms with E-state index in [0.29, 0.717) is 14.9 Å². The van der Waals surface area contributed by atoms with Gasteiger partial charge in [-0.2, -0.15) is 0 Å². The van der Waals surface area contributed by atoms with Crippen molar-refractivity contribution >= 4 is 46.0 Å². The fourth-order valence-electron chi connectivity index (χ4n) is 2.14. The van der Waals surface area contributed by atoms with Crippen LogP contribution in [0.4, 0.5) is 5.69 Å². The van der Waals surface area contributed by atoms with Gasteiger partial charge in [0.15, 0.2) is 4.32 Å². The second kappa shape index (κ2) is 5.94. The molecule has 0 saturated carbocycles. The lowest BCUT2D eigenvalue weighted by atomic mass is 10.1. The molecule has 1 saturated heterocycles. The minimum atomic E-state index is -0.166. The normalized spacial score (nSPS) is 16.6. The second-order valence-corrected chi connectivity index (χ2v) is 6.62. The molecule has 1 heterocycles. The molecular weight excluding hydrogens is 314 g/mol. The third-order valence-corrected chi connectivity index (χ3v) is 4.56. The van der Waals surface area contributed by atoms with Crippen LogP contribution < -0.4 is 4.90 Å². The van der Waals surface area contributed by atoms with E-state index in [2.05, 4.69) is 0 Å². The zero-order valence-electron chi connectivity index (χ0n) is 11.8. The molecule has 0 aromatic heterocycles. The van der Waals surface area contributed by atoms with Crippen molar-refractivity contribution in [2.45, 2.75) is 6.92 Å². The third kappa shape index (κ3) is 2.91. The van der Waals surface area contributed by atoms with Crippen LogP contribution in [0.1, 0.15) is 11.1 Å². The molecule has 2 aromatic carbocycles. The van der Waals surface area contributed by atoms with E-state index in [0.717, 1.165) is 5.56 Å². The number of hydrogen-bond donors (Lipinski definition) is 1. The van der Waals surface area contributed by atoms with Crippen LogP contribution in [0, 0.1) is 6.92 Å². The quantitative estimate of drug-likeness (QED) is 0.666. The van der Waals surface area contributed by atoms with Gasteiger partial charge >= 0.3 is 0 Å². The molecule has 1 amide bonds. The molecule has 1 aliphatic rings. The molecule has 22 heavy (non-hydrogen) atoms. The van der Waals surface area contributed by atoms with Crippen LogP contribution in [-0.2, 0) is 4.79 Å². The molecule has 0 bridgehead atoms. The van der Waals surface area contributed by atoms with E-state index in [1.165, 1.54) is 28.3 Å². The molecule has 0 spiro atoms. The Labute approximate surface area is 138 Å². The first-order valence-corrected chi connectivity index (χ1v) is 7.91. The largest absolute Gasteiger partial charge is 0.508 e. The molecule has 1 fully saturated rings. The molecule has 110 valence electrons. The van der Waals surface area contributed by atoms with E-state index in [-0.39, 0.29) is 11.7 Å². The molecule has 5 heteroatoms. The standard InChI is InChI=1S/C17H13NO2S2/c1-11-5-7-12(8-6-11)9-15-16(20)18(17(21)22-15)13-3-2-4-14(19)10-13/h2-10,19H,1H3/b15-9-. The summed E-state index contributed by atoms with van der Waals surface area (Å²) in [7, 11) is 0. The first-order chi connectivity index (χ1) is 10.5. The van der Waals surface area contributed by atoms with Crippen molar-refractivity contribution in [2.75, 3.05) is 4.90 Å². The summed E-state index contributed by atoms with van der Waals surface area (Å²) in [5.74, 6) is -0.0600. The van der Waals surface area contributed by atoms with Crippen LogP contribution >= 0.6 is 24.0 Å². The zero-order valence-corrected chi connectivity index (χ0v) is 13.4. The number of hydrogen-bond acceptors (Lipinski definition) is 4. The van der Waals surface area contributed by atoms with Crippen LogP contribution in [0.25, 0.3) is 6.08 Å². The topological polar surface area (TPSA) is 40.5 Å². The molecular formula is C17H13NO2S2. The van der Waals surface area contributed by atoms with Gasteiger partial charge in [0.2, 0.25) is 0 Å². The summed E-state index contributed by atoms with van der Waals surface area (Å²) in [6, 6.07) is 14.5. The minimum absolute atomic E-state index is 0.106. The predicted molar refractivity (Wildman–Crippen MR) is 94.9 cm³/mol. The summed E-state index contributed by atoms with van der Waals surface area (Å²) in [6.07, 6.45) is 1.83. The Hall–Kier alpha value is -2.11. The maximum atomic E-state index is 12.6. The summed E-state index contributed by atoms with van der Waals surface area (Å²) in [6.45, 7) is 2.02. The summed E-state index contributed by atoms with van der Waals surface area (Å²) in [5.41, 5.74) is 2.71. The number of benzene rings is 2. The zero-order chi connectivity index (χ0) is 15.7. The van der Waals surface area contributed by atoms with E-state index in [1.807, 2.05) is 37.3 Å². The van der Waals surface area contributed by atoms with Crippen molar-refractivity contribution < 1.29 is 9.90 Å². The number of rotatable bonds is 2. The van der Waals surface area contributed by atoms with E-state index in [9.17, 15) is 9.90 Å². The lowest BCUT2D eigenvalue weighted by Gasteiger charge is -2.14. The number of carbonyl (C=O) groups excluding carboxylic acids is 1. The van der Waals surface area contributed by atoms with Gasteiger partial charge in [-0.05, 0) is 30.7 Å². The lowest BCUT2D eigenvalue weighted by molar-refractivity contribution is -0.113. The number of aryl methyl sites for hydroxylation is 1. The number of carbonyl (C=O) groups is 1. The summed E-state index contributed by atoms with van der Waals surface area (Å²) >= 11 is 6.57. The summed E-state index contributed by atoms with van der Waals surface area (Å²) < 4.78 is 0.467. The predicted octanol–water partition coefficient (Wildman–Crippen LogP) is 4.11. The van der Waals surface area contributed by atoms with Gasteiger partial charge in [0, 0.05) is 6.07 Å². The van der Waals surface area contributed by atoms with Gasteiger partial charge in [-0.25, -0.2) is 0 Å². The maximum absolute atomic E-state index is 12.6. The number of amides is 1. The van der Waals surface area contributed by atoms with Gasteiger partial charge in [0.1, 0.15) is 5.75 Å². The Morgan fingerprint density at radius 1 is 1.18 bits per heavy atom. The van der Waals surface area contributed by atoms with E-state index >= 15 is 0 Å². The summed E-state index contributed by atoms with van der Waals surface area (Å²) in [5, 5.41) is 9.57.